The fraction of sp³-hybridized carbons (Fsp3) is 0.261. The van der Waals surface area contributed by atoms with Crippen LogP contribution in [0.1, 0.15) is 31.9 Å². The van der Waals surface area contributed by atoms with Gasteiger partial charge in [-0.05, 0) is 12.3 Å². The molecule has 0 aliphatic carbocycles. The third kappa shape index (κ3) is 8.42. The topological polar surface area (TPSA) is 28.7 Å². The molecule has 0 saturated heterocycles. The Labute approximate surface area is 171 Å². The van der Waals surface area contributed by atoms with Crippen LogP contribution in [-0.4, -0.2) is 22.9 Å². The van der Waals surface area contributed by atoms with Crippen LogP contribution in [0.2, 0.25) is 6.32 Å². The lowest BCUT2D eigenvalue weighted by Gasteiger charge is -2.13. The van der Waals surface area contributed by atoms with Gasteiger partial charge in [-0.2, -0.15) is 13.2 Å². The highest BCUT2D eigenvalue weighted by atomic mass is 19.4. The van der Waals surface area contributed by atoms with Crippen molar-refractivity contribution >= 4 is 17.6 Å². The predicted molar refractivity (Wildman–Crippen MR) is 115 cm³/mol. The van der Waals surface area contributed by atoms with Crippen LogP contribution < -0.4 is 10.9 Å². The Morgan fingerprint density at radius 1 is 0.966 bits per heavy atom. The van der Waals surface area contributed by atoms with Crippen molar-refractivity contribution in [1.29, 1.82) is 0 Å². The molecule has 0 aliphatic rings. The molecule has 0 unspecified atom stereocenters. The van der Waals surface area contributed by atoms with Crippen molar-refractivity contribution in [3.8, 4) is 0 Å². The van der Waals surface area contributed by atoms with E-state index < -0.39 is 6.18 Å². The van der Waals surface area contributed by atoms with Gasteiger partial charge in [0, 0.05) is 18.0 Å². The lowest BCUT2D eigenvalue weighted by atomic mass is 9.38. The Hall–Kier alpha value is -2.76. The van der Waals surface area contributed by atoms with E-state index in [1.807, 2.05) is 66.9 Å². The van der Waals surface area contributed by atoms with Crippen LogP contribution in [0.5, 0.6) is 0 Å². The molecule has 0 amide bonds. The van der Waals surface area contributed by atoms with Gasteiger partial charge < -0.3 is 4.98 Å². The summed E-state index contributed by atoms with van der Waals surface area (Å²) in [5, 5.41) is 0. The maximum absolute atomic E-state index is 12.1. The summed E-state index contributed by atoms with van der Waals surface area (Å²) < 4.78 is 36.4. The minimum Gasteiger partial charge on any atom is -0.348 e. The number of nitrogens with one attached hydrogen (secondary N) is 1. The first-order valence-corrected chi connectivity index (χ1v) is 9.69. The van der Waals surface area contributed by atoms with Gasteiger partial charge in [0.1, 0.15) is 0 Å². The number of alkyl halides is 3. The number of imidazole rings is 1. The van der Waals surface area contributed by atoms with Gasteiger partial charge in [-0.25, -0.2) is 4.98 Å². The normalized spacial score (nSPS) is 11.4. The van der Waals surface area contributed by atoms with Crippen LogP contribution in [0.15, 0.2) is 85.3 Å². The summed E-state index contributed by atoms with van der Waals surface area (Å²) in [6.07, 6.45) is 1.91. The van der Waals surface area contributed by atoms with E-state index in [0.29, 0.717) is 24.7 Å². The van der Waals surface area contributed by atoms with E-state index in [0.717, 1.165) is 10.9 Å². The molecule has 0 atom stereocenters. The van der Waals surface area contributed by atoms with Gasteiger partial charge in [0.15, 0.2) is 0 Å². The Morgan fingerprint density at radius 2 is 1.52 bits per heavy atom. The second-order valence-corrected chi connectivity index (χ2v) is 7.06. The Kier molecular flexibility index (Phi) is 8.78. The van der Waals surface area contributed by atoms with Crippen LogP contribution >= 0.6 is 0 Å². The first kappa shape index (κ1) is 22.5. The average Bonchev–Trinajstić information content (AvgIpc) is 3.24. The van der Waals surface area contributed by atoms with Gasteiger partial charge in [-0.1, -0.05) is 97.8 Å². The Bertz CT molecular complexity index is 790. The van der Waals surface area contributed by atoms with Gasteiger partial charge in [-0.3, -0.25) is 0 Å². The number of H-pyrrole nitrogens is 1. The van der Waals surface area contributed by atoms with Crippen LogP contribution in [0.3, 0.4) is 0 Å². The van der Waals surface area contributed by atoms with Gasteiger partial charge in [-0.15, -0.1) is 0 Å². The zero-order valence-electron chi connectivity index (χ0n) is 16.7. The van der Waals surface area contributed by atoms with E-state index in [4.69, 9.17) is 0 Å². The molecule has 0 spiro atoms. The van der Waals surface area contributed by atoms with Crippen LogP contribution in [0.25, 0.3) is 0 Å². The first-order valence-electron chi connectivity index (χ1n) is 9.69. The van der Waals surface area contributed by atoms with E-state index in [2.05, 4.69) is 23.8 Å². The van der Waals surface area contributed by atoms with Crippen molar-refractivity contribution < 1.29 is 13.2 Å². The summed E-state index contributed by atoms with van der Waals surface area (Å²) in [6, 6.07) is 19.8. The maximum Gasteiger partial charge on any atom is 0.409 e. The van der Waals surface area contributed by atoms with E-state index in [1.165, 1.54) is 11.8 Å². The Morgan fingerprint density at radius 3 is 1.90 bits per heavy atom. The molecule has 3 aromatic rings. The fourth-order valence-corrected chi connectivity index (χ4v) is 2.96. The summed E-state index contributed by atoms with van der Waals surface area (Å²) in [4.78, 5) is 6.91. The molecule has 0 radical (unpaired) electrons. The molecule has 152 valence electrons. The zero-order chi connectivity index (χ0) is 21.1. The molecule has 2 aromatic carbocycles. The van der Waals surface area contributed by atoms with Gasteiger partial charge >= 0.3 is 6.18 Å². The highest BCUT2D eigenvalue weighted by Gasteiger charge is 2.22. The summed E-state index contributed by atoms with van der Waals surface area (Å²) >= 11 is 0. The average molecular weight is 398 g/mol. The molecular weight excluding hydrogens is 372 g/mol. The third-order valence-corrected chi connectivity index (χ3v) is 4.47. The predicted octanol–water partition coefficient (Wildman–Crippen LogP) is 5.34. The number of nitrogens with zero attached hydrogens (tertiary/aromatic N) is 1. The quantitative estimate of drug-likeness (QED) is 0.441. The highest BCUT2D eigenvalue weighted by Crippen LogP contribution is 2.16. The lowest BCUT2D eigenvalue weighted by molar-refractivity contribution is -0.0800. The molecule has 0 bridgehead atoms. The van der Waals surface area contributed by atoms with Crippen molar-refractivity contribution in [2.24, 2.45) is 0 Å². The molecule has 29 heavy (non-hydrogen) atoms. The fourth-order valence-electron chi connectivity index (χ4n) is 2.96. The van der Waals surface area contributed by atoms with Gasteiger partial charge in [0.05, 0.1) is 6.33 Å². The largest absolute Gasteiger partial charge is 0.409 e. The minimum absolute atomic E-state index is 0.116. The number of aromatic nitrogens is 2. The molecule has 0 saturated carbocycles. The molecule has 3 rings (SSSR count). The molecule has 6 heteroatoms. The van der Waals surface area contributed by atoms with E-state index >= 15 is 0 Å². The van der Waals surface area contributed by atoms with E-state index in [-0.39, 0.29) is 6.71 Å². The lowest BCUT2D eigenvalue weighted by Crippen LogP contribution is -2.41. The number of benzene rings is 2. The molecule has 0 aliphatic heterocycles. The van der Waals surface area contributed by atoms with Crippen molar-refractivity contribution in [3.63, 3.8) is 0 Å². The smallest absolute Gasteiger partial charge is 0.348 e. The minimum atomic E-state index is -4.23. The SMILES string of the molecule is CC(C)c1cnc[nH]1.FC(F)(F)C=CCCB(c1ccccc1)c1ccccc1. The molecule has 2 nitrogen and oxygen atoms in total. The molecule has 0 fully saturated rings. The van der Waals surface area contributed by atoms with Crippen molar-refractivity contribution in [1.82, 2.24) is 9.97 Å². The monoisotopic (exact) mass is 398 g/mol. The second kappa shape index (κ2) is 11.3. The second-order valence-electron chi connectivity index (χ2n) is 7.06. The summed E-state index contributed by atoms with van der Waals surface area (Å²) in [6.45, 7) is 4.38. The number of hydrogen-bond acceptors (Lipinski definition) is 1. The highest BCUT2D eigenvalue weighted by molar-refractivity contribution is 6.85. The van der Waals surface area contributed by atoms with Gasteiger partial charge in [0.2, 0.25) is 6.71 Å². The molecule has 1 N–H and O–H groups in total. The molecule has 1 heterocycles. The van der Waals surface area contributed by atoms with Crippen molar-refractivity contribution in [2.75, 3.05) is 0 Å². The van der Waals surface area contributed by atoms with E-state index in [1.54, 1.807) is 6.33 Å². The molecular formula is C23H26BF3N2. The standard InChI is InChI=1S/C17H16BF3.C6H10N2/c19-17(20,21)13-7-8-14-18(15-9-3-1-4-10-15)16-11-5-2-6-12-16;1-5(2)6-3-7-4-8-6/h1-7,9-13H,8,14H2;3-5H,1-2H3,(H,7,8). The summed E-state index contributed by atoms with van der Waals surface area (Å²) in [5.74, 6) is 0.567. The molecule has 1 aromatic heterocycles. The Balaban J connectivity index is 0.000000313. The number of halogens is 3. The van der Waals surface area contributed by atoms with Crippen LogP contribution in [0.4, 0.5) is 13.2 Å². The van der Waals surface area contributed by atoms with Crippen LogP contribution in [-0.2, 0) is 0 Å². The number of aromatic amines is 1. The van der Waals surface area contributed by atoms with Crippen molar-refractivity contribution in [3.05, 3.63) is 91.0 Å². The summed E-state index contributed by atoms with van der Waals surface area (Å²) in [7, 11) is 0. The first-order chi connectivity index (χ1) is 13.9. The maximum atomic E-state index is 12.1. The number of allylic oxidation sites excluding steroid dienone is 2. The van der Waals surface area contributed by atoms with Crippen LogP contribution in [0, 0.1) is 0 Å². The number of rotatable bonds is 6. The van der Waals surface area contributed by atoms with Gasteiger partial charge in [0.25, 0.3) is 0 Å². The van der Waals surface area contributed by atoms with E-state index in [9.17, 15) is 13.2 Å². The number of hydrogen-bond donors (Lipinski definition) is 1. The van der Waals surface area contributed by atoms with Crippen molar-refractivity contribution in [2.45, 2.75) is 38.7 Å². The summed E-state index contributed by atoms with van der Waals surface area (Å²) in [5.41, 5.74) is 3.46. The zero-order valence-corrected chi connectivity index (χ0v) is 16.7. The third-order valence-electron chi connectivity index (χ3n) is 4.47.